The number of aliphatic carboxylic acids is 1. The number of carbonyl (C=O) groups is 2. The van der Waals surface area contributed by atoms with E-state index in [2.05, 4.69) is 12.6 Å². The number of halogens is 3. The van der Waals surface area contributed by atoms with Gasteiger partial charge in [0.2, 0.25) is 15.9 Å². The van der Waals surface area contributed by atoms with E-state index in [0.717, 1.165) is 9.69 Å². The zero-order valence-electron chi connectivity index (χ0n) is 16.0. The van der Waals surface area contributed by atoms with Crippen LogP contribution in [0.1, 0.15) is 6.42 Å². The Bertz CT molecular complexity index is 1110. The van der Waals surface area contributed by atoms with Crippen molar-refractivity contribution in [3.63, 3.8) is 0 Å². The molecule has 12 heteroatoms. The van der Waals surface area contributed by atoms with Crippen molar-refractivity contribution in [1.82, 2.24) is 9.21 Å². The molecule has 1 heterocycles. The molecule has 0 spiro atoms. The number of benzene rings is 2. The van der Waals surface area contributed by atoms with Crippen LogP contribution in [0.15, 0.2) is 47.4 Å². The minimum atomic E-state index is -4.84. The average Bonchev–Trinajstić information content (AvgIpc) is 3.07. The van der Waals surface area contributed by atoms with Crippen LogP contribution in [0.3, 0.4) is 0 Å². The number of carbonyl (C=O) groups excluding carboxylic acids is 1. The second-order valence-corrected chi connectivity index (χ2v) is 9.81. The molecule has 0 radical (unpaired) electrons. The summed E-state index contributed by atoms with van der Waals surface area (Å²) >= 11 is 4.22. The van der Waals surface area contributed by atoms with E-state index in [4.69, 9.17) is 5.11 Å². The summed E-state index contributed by atoms with van der Waals surface area (Å²) in [7, 11) is -4.25. The Kier molecular flexibility index (Phi) is 6.53. The standard InChI is InChI=1S/C19H19F3N2O5S2/c20-19(21,22)11-23(10-17(25)26)18(27)16-8-14(30)9-24(16)31(28,29)15-6-5-12-3-1-2-4-13(12)7-15/h1-7,14,16,30H,8-11H2,(H,25,26)/t14-,16+/m1/s1. The van der Waals surface area contributed by atoms with Crippen molar-refractivity contribution in [1.29, 1.82) is 0 Å². The van der Waals surface area contributed by atoms with Crippen LogP contribution < -0.4 is 0 Å². The second kappa shape index (κ2) is 8.67. The Balaban J connectivity index is 1.96. The van der Waals surface area contributed by atoms with E-state index in [0.29, 0.717) is 5.39 Å². The maximum atomic E-state index is 13.3. The van der Waals surface area contributed by atoms with Crippen LogP contribution in [0, 0.1) is 0 Å². The van der Waals surface area contributed by atoms with Crippen LogP contribution >= 0.6 is 12.6 Å². The van der Waals surface area contributed by atoms with Gasteiger partial charge in [-0.15, -0.1) is 0 Å². The monoisotopic (exact) mass is 476 g/mol. The highest BCUT2D eigenvalue weighted by Gasteiger charge is 2.46. The number of sulfonamides is 1. The molecule has 2 aromatic carbocycles. The minimum Gasteiger partial charge on any atom is -0.480 e. The van der Waals surface area contributed by atoms with Gasteiger partial charge in [0.1, 0.15) is 19.1 Å². The lowest BCUT2D eigenvalue weighted by molar-refractivity contribution is -0.167. The maximum Gasteiger partial charge on any atom is 0.406 e. The number of rotatable bonds is 6. The number of nitrogens with zero attached hydrogens (tertiary/aromatic N) is 2. The zero-order valence-corrected chi connectivity index (χ0v) is 17.7. The lowest BCUT2D eigenvalue weighted by Crippen LogP contribution is -2.51. The third kappa shape index (κ3) is 5.31. The minimum absolute atomic E-state index is 0.113. The Morgan fingerprint density at radius 3 is 2.42 bits per heavy atom. The van der Waals surface area contributed by atoms with Gasteiger partial charge in [0.15, 0.2) is 0 Å². The second-order valence-electron chi connectivity index (χ2n) is 7.19. The van der Waals surface area contributed by atoms with Crippen LogP contribution in [0.2, 0.25) is 0 Å². The van der Waals surface area contributed by atoms with Gasteiger partial charge in [-0.25, -0.2) is 8.42 Å². The quantitative estimate of drug-likeness (QED) is 0.625. The first-order chi connectivity index (χ1) is 14.4. The Labute approximate surface area is 181 Å². The summed E-state index contributed by atoms with van der Waals surface area (Å²) in [4.78, 5) is 23.8. The van der Waals surface area contributed by atoms with Gasteiger partial charge in [-0.1, -0.05) is 30.3 Å². The smallest absolute Gasteiger partial charge is 0.406 e. The molecule has 0 unspecified atom stereocenters. The molecule has 1 aliphatic heterocycles. The molecule has 0 aliphatic carbocycles. The zero-order chi connectivity index (χ0) is 23.0. The molecule has 1 aliphatic rings. The molecular formula is C19H19F3N2O5S2. The molecule has 1 N–H and O–H groups in total. The molecule has 7 nitrogen and oxygen atoms in total. The van der Waals surface area contributed by atoms with Crippen molar-refractivity contribution in [2.45, 2.75) is 28.8 Å². The first-order valence-corrected chi connectivity index (χ1v) is 11.1. The molecule has 0 bridgehead atoms. The number of carboxylic acid groups (broad SMARTS) is 1. The van der Waals surface area contributed by atoms with Crippen LogP contribution in [-0.4, -0.2) is 71.7 Å². The van der Waals surface area contributed by atoms with Crippen molar-refractivity contribution in [2.75, 3.05) is 19.6 Å². The van der Waals surface area contributed by atoms with Gasteiger partial charge in [0.25, 0.3) is 0 Å². The SMILES string of the molecule is O=C(O)CN(CC(F)(F)F)C(=O)[C@@H]1C[C@@H](S)CN1S(=O)(=O)c1ccc2ccccc2c1. The van der Waals surface area contributed by atoms with Gasteiger partial charge >= 0.3 is 12.1 Å². The van der Waals surface area contributed by atoms with Crippen LogP contribution in [0.4, 0.5) is 13.2 Å². The Morgan fingerprint density at radius 2 is 1.81 bits per heavy atom. The van der Waals surface area contributed by atoms with Gasteiger partial charge in [0, 0.05) is 11.8 Å². The highest BCUT2D eigenvalue weighted by atomic mass is 32.2. The van der Waals surface area contributed by atoms with Gasteiger partial charge < -0.3 is 10.0 Å². The number of hydrogen-bond acceptors (Lipinski definition) is 5. The predicted molar refractivity (Wildman–Crippen MR) is 109 cm³/mol. The van der Waals surface area contributed by atoms with Crippen LogP contribution in [0.5, 0.6) is 0 Å². The Morgan fingerprint density at radius 1 is 1.16 bits per heavy atom. The van der Waals surface area contributed by atoms with E-state index >= 15 is 0 Å². The summed E-state index contributed by atoms with van der Waals surface area (Å²) < 4.78 is 66.0. The lowest BCUT2D eigenvalue weighted by Gasteiger charge is -2.29. The van der Waals surface area contributed by atoms with E-state index in [1.165, 1.54) is 12.1 Å². The summed E-state index contributed by atoms with van der Waals surface area (Å²) in [6, 6.07) is 9.90. The molecule has 2 atom stereocenters. The fourth-order valence-corrected chi connectivity index (χ4v) is 5.70. The van der Waals surface area contributed by atoms with Crippen LogP contribution in [0.25, 0.3) is 10.8 Å². The normalized spacial score (nSPS) is 20.1. The molecule has 1 fully saturated rings. The largest absolute Gasteiger partial charge is 0.480 e. The molecule has 1 amide bonds. The molecule has 0 saturated carbocycles. The van der Waals surface area contributed by atoms with E-state index in [1.54, 1.807) is 30.3 Å². The van der Waals surface area contributed by atoms with Gasteiger partial charge in [0.05, 0.1) is 4.90 Å². The van der Waals surface area contributed by atoms with Gasteiger partial charge in [-0.05, 0) is 29.3 Å². The number of amides is 1. The highest BCUT2D eigenvalue weighted by molar-refractivity contribution is 7.89. The number of thiol groups is 1. The van der Waals surface area contributed by atoms with Crippen molar-refractivity contribution in [2.24, 2.45) is 0 Å². The lowest BCUT2D eigenvalue weighted by atomic mass is 10.1. The van der Waals surface area contributed by atoms with Crippen molar-refractivity contribution < 1.29 is 36.3 Å². The third-order valence-electron chi connectivity index (χ3n) is 4.85. The summed E-state index contributed by atoms with van der Waals surface area (Å²) in [6.45, 7) is -3.19. The highest BCUT2D eigenvalue weighted by Crippen LogP contribution is 2.31. The van der Waals surface area contributed by atoms with Crippen molar-refractivity contribution >= 4 is 45.3 Å². The summed E-state index contributed by atoms with van der Waals surface area (Å²) in [5.41, 5.74) is 0. The molecule has 3 rings (SSSR count). The number of carboxylic acids is 1. The fourth-order valence-electron chi connectivity index (χ4n) is 3.54. The van der Waals surface area contributed by atoms with Gasteiger partial charge in [-0.3, -0.25) is 9.59 Å². The number of hydrogen-bond donors (Lipinski definition) is 2. The molecule has 2 aromatic rings. The van der Waals surface area contributed by atoms with Crippen molar-refractivity contribution in [3.8, 4) is 0 Å². The average molecular weight is 476 g/mol. The predicted octanol–water partition coefficient (Wildman–Crippen LogP) is 2.38. The number of alkyl halides is 3. The summed E-state index contributed by atoms with van der Waals surface area (Å²) in [5.74, 6) is -2.86. The van der Waals surface area contributed by atoms with E-state index in [9.17, 15) is 31.2 Å². The van der Waals surface area contributed by atoms with E-state index < -0.39 is 52.5 Å². The molecule has 168 valence electrons. The number of fused-ring (bicyclic) bond motifs is 1. The topological polar surface area (TPSA) is 95.0 Å². The summed E-state index contributed by atoms with van der Waals surface area (Å²) in [5, 5.41) is 9.75. The Hall–Kier alpha value is -2.31. The van der Waals surface area contributed by atoms with Gasteiger partial charge in [-0.2, -0.15) is 30.1 Å². The molecule has 31 heavy (non-hydrogen) atoms. The van der Waals surface area contributed by atoms with Crippen molar-refractivity contribution in [3.05, 3.63) is 42.5 Å². The van der Waals surface area contributed by atoms with E-state index in [-0.39, 0.29) is 22.8 Å². The molecule has 0 aromatic heterocycles. The first-order valence-electron chi connectivity index (χ1n) is 9.14. The van der Waals surface area contributed by atoms with E-state index in [1.807, 2.05) is 0 Å². The third-order valence-corrected chi connectivity index (χ3v) is 7.10. The first kappa shape index (κ1) is 23.4. The molecule has 1 saturated heterocycles. The summed E-state index contributed by atoms with van der Waals surface area (Å²) in [6.07, 6.45) is -4.98. The molecular weight excluding hydrogens is 457 g/mol. The van der Waals surface area contributed by atoms with Crippen LogP contribution in [-0.2, 0) is 19.6 Å². The fraction of sp³-hybridized carbons (Fsp3) is 0.368. The maximum absolute atomic E-state index is 13.3.